The number of carbonyl (C=O) groups excluding carboxylic acids is 2. The highest BCUT2D eigenvalue weighted by molar-refractivity contribution is 5.92. The van der Waals surface area contributed by atoms with Gasteiger partial charge in [-0.1, -0.05) is 18.2 Å². The lowest BCUT2D eigenvalue weighted by atomic mass is 9.85. The van der Waals surface area contributed by atoms with Crippen molar-refractivity contribution in [1.29, 1.82) is 0 Å². The van der Waals surface area contributed by atoms with Crippen molar-refractivity contribution < 1.29 is 29.4 Å². The molecule has 0 aliphatic carbocycles. The molecule has 10 nitrogen and oxygen atoms in total. The topological polar surface area (TPSA) is 123 Å². The fourth-order valence-corrected chi connectivity index (χ4v) is 4.47. The van der Waals surface area contributed by atoms with Gasteiger partial charge in [0.2, 0.25) is 11.8 Å². The van der Waals surface area contributed by atoms with E-state index in [-0.39, 0.29) is 13.0 Å². The Labute approximate surface area is 187 Å². The van der Waals surface area contributed by atoms with E-state index < -0.39 is 41.6 Å². The molecule has 1 aromatic carbocycles. The number of hydroxylamine groups is 1. The molecule has 0 spiro atoms. The van der Waals surface area contributed by atoms with Gasteiger partial charge < -0.3 is 19.6 Å². The first-order chi connectivity index (χ1) is 15.1. The number of para-hydroxylation sites is 1. The molecular formula is C22H32N4O6. The molecule has 2 saturated heterocycles. The number of nitrogens with zero attached hydrogens (tertiary/aromatic N) is 3. The number of hydrogen-bond acceptors (Lipinski definition) is 6. The maximum atomic E-state index is 13.4. The second kappa shape index (κ2) is 9.74. The molecule has 3 amide bonds. The van der Waals surface area contributed by atoms with Gasteiger partial charge in [0.15, 0.2) is 0 Å². The molecule has 3 N–H and O–H groups in total. The van der Waals surface area contributed by atoms with E-state index in [1.807, 2.05) is 51.1 Å². The second-order valence-corrected chi connectivity index (χ2v) is 9.20. The smallest absolute Gasteiger partial charge is 0.408 e. The van der Waals surface area contributed by atoms with Crippen molar-refractivity contribution in [2.45, 2.75) is 44.9 Å². The van der Waals surface area contributed by atoms with Crippen molar-refractivity contribution >= 4 is 23.6 Å². The predicted octanol–water partition coefficient (Wildman–Crippen LogP) is 1.39. The molecule has 0 aromatic heterocycles. The van der Waals surface area contributed by atoms with E-state index in [9.17, 15) is 24.7 Å². The SMILES string of the molecule is CC(C)(C)O[C@H]1C[C@H](C(=O)NO)[C@@H](C(=O)N2CCN(c3ccccc3)CC2)N(C(=O)O)C1. The Hall–Kier alpha value is -2.85. The number of rotatable bonds is 4. The summed E-state index contributed by atoms with van der Waals surface area (Å²) in [7, 11) is 0. The highest BCUT2D eigenvalue weighted by atomic mass is 16.5. The van der Waals surface area contributed by atoms with Crippen LogP contribution in [-0.2, 0) is 14.3 Å². The second-order valence-electron chi connectivity index (χ2n) is 9.20. The summed E-state index contributed by atoms with van der Waals surface area (Å²) in [6, 6.07) is 8.63. The molecule has 10 heteroatoms. The summed E-state index contributed by atoms with van der Waals surface area (Å²) in [5.41, 5.74) is 2.10. The van der Waals surface area contributed by atoms with Crippen LogP contribution in [0, 0.1) is 5.92 Å². The molecule has 2 aliphatic heterocycles. The maximum absolute atomic E-state index is 13.4. The zero-order valence-electron chi connectivity index (χ0n) is 18.7. The van der Waals surface area contributed by atoms with Gasteiger partial charge >= 0.3 is 6.09 Å². The minimum absolute atomic E-state index is 0.0256. The lowest BCUT2D eigenvalue weighted by molar-refractivity contribution is -0.157. The van der Waals surface area contributed by atoms with Gasteiger partial charge in [-0.25, -0.2) is 10.3 Å². The lowest BCUT2D eigenvalue weighted by Gasteiger charge is -2.45. The molecule has 2 heterocycles. The summed E-state index contributed by atoms with van der Waals surface area (Å²) in [5.74, 6) is -2.28. The summed E-state index contributed by atoms with van der Waals surface area (Å²) in [4.78, 5) is 42.7. The number of anilines is 1. The van der Waals surface area contributed by atoms with Crippen LogP contribution in [0.2, 0.25) is 0 Å². The number of likely N-dealkylation sites (tertiary alicyclic amines) is 1. The van der Waals surface area contributed by atoms with E-state index in [1.54, 1.807) is 10.4 Å². The lowest BCUT2D eigenvalue weighted by Crippen LogP contribution is -2.64. The summed E-state index contributed by atoms with van der Waals surface area (Å²) in [6.07, 6.45) is -1.75. The average Bonchev–Trinajstić information content (AvgIpc) is 2.77. The van der Waals surface area contributed by atoms with Crippen LogP contribution < -0.4 is 10.4 Å². The summed E-state index contributed by atoms with van der Waals surface area (Å²) in [5, 5.41) is 19.1. The highest BCUT2D eigenvalue weighted by Crippen LogP contribution is 2.30. The number of carboxylic acid groups (broad SMARTS) is 1. The van der Waals surface area contributed by atoms with Gasteiger partial charge in [-0.3, -0.25) is 19.7 Å². The van der Waals surface area contributed by atoms with Crippen LogP contribution in [0.15, 0.2) is 30.3 Å². The Balaban J connectivity index is 1.77. The molecular weight excluding hydrogens is 416 g/mol. The largest absolute Gasteiger partial charge is 0.465 e. The van der Waals surface area contributed by atoms with Crippen molar-refractivity contribution in [2.24, 2.45) is 5.92 Å². The van der Waals surface area contributed by atoms with Crippen LogP contribution in [0.3, 0.4) is 0 Å². The maximum Gasteiger partial charge on any atom is 0.408 e. The molecule has 0 saturated carbocycles. The van der Waals surface area contributed by atoms with Crippen LogP contribution in [0.1, 0.15) is 27.2 Å². The number of carbonyl (C=O) groups is 3. The fraction of sp³-hybridized carbons (Fsp3) is 0.591. The first-order valence-electron chi connectivity index (χ1n) is 10.8. The third kappa shape index (κ3) is 5.49. The number of benzene rings is 1. The van der Waals surface area contributed by atoms with Crippen LogP contribution in [-0.4, -0.2) is 88.5 Å². The number of amides is 3. The first kappa shape index (κ1) is 23.8. The fourth-order valence-electron chi connectivity index (χ4n) is 4.47. The number of nitrogens with one attached hydrogen (secondary N) is 1. The number of piperazine rings is 1. The monoisotopic (exact) mass is 448 g/mol. The normalized spacial score (nSPS) is 24.2. The summed E-state index contributed by atoms with van der Waals surface area (Å²) < 4.78 is 5.92. The van der Waals surface area contributed by atoms with Gasteiger partial charge in [0.1, 0.15) is 6.04 Å². The molecule has 3 atom stereocenters. The highest BCUT2D eigenvalue weighted by Gasteiger charge is 2.48. The predicted molar refractivity (Wildman–Crippen MR) is 116 cm³/mol. The first-order valence-corrected chi connectivity index (χ1v) is 10.8. The van der Waals surface area contributed by atoms with Gasteiger partial charge in [-0.05, 0) is 39.3 Å². The molecule has 1 aromatic rings. The average molecular weight is 449 g/mol. The van der Waals surface area contributed by atoms with Gasteiger partial charge in [-0.2, -0.15) is 0 Å². The molecule has 3 rings (SSSR count). The Kier molecular flexibility index (Phi) is 7.25. The molecule has 0 radical (unpaired) electrons. The van der Waals surface area contributed by atoms with E-state index in [0.29, 0.717) is 26.2 Å². The zero-order chi connectivity index (χ0) is 23.5. The third-order valence-corrected chi connectivity index (χ3v) is 5.81. The summed E-state index contributed by atoms with van der Waals surface area (Å²) >= 11 is 0. The van der Waals surface area contributed by atoms with Crippen LogP contribution in [0.25, 0.3) is 0 Å². The number of piperidine rings is 1. The molecule has 2 fully saturated rings. The van der Waals surface area contributed by atoms with Gasteiger partial charge in [0.25, 0.3) is 0 Å². The summed E-state index contributed by atoms with van der Waals surface area (Å²) in [6.45, 7) is 7.50. The standard InChI is InChI=1S/C22H32N4O6/c1-22(2,3)32-16-13-17(19(27)23-31)18(26(14-16)21(29)30)20(28)25-11-9-24(10-12-25)15-7-5-4-6-8-15/h4-8,16-18,31H,9-14H2,1-3H3,(H,23,27)(H,29,30)/t16-,17-,18-/m0/s1. The minimum Gasteiger partial charge on any atom is -0.465 e. The Bertz CT molecular complexity index is 819. The van der Waals surface area contributed by atoms with Crippen LogP contribution >= 0.6 is 0 Å². The molecule has 0 unspecified atom stereocenters. The van der Waals surface area contributed by atoms with Gasteiger partial charge in [0.05, 0.1) is 24.2 Å². The van der Waals surface area contributed by atoms with E-state index in [4.69, 9.17) is 4.74 Å². The zero-order valence-corrected chi connectivity index (χ0v) is 18.7. The van der Waals surface area contributed by atoms with E-state index >= 15 is 0 Å². The third-order valence-electron chi connectivity index (χ3n) is 5.81. The van der Waals surface area contributed by atoms with Crippen molar-refractivity contribution in [2.75, 3.05) is 37.6 Å². The van der Waals surface area contributed by atoms with Gasteiger partial charge in [-0.15, -0.1) is 0 Å². The molecule has 176 valence electrons. The molecule has 0 bridgehead atoms. The van der Waals surface area contributed by atoms with Crippen molar-refractivity contribution in [1.82, 2.24) is 15.3 Å². The van der Waals surface area contributed by atoms with E-state index in [1.165, 1.54) is 0 Å². The molecule has 32 heavy (non-hydrogen) atoms. The van der Waals surface area contributed by atoms with Crippen LogP contribution in [0.5, 0.6) is 0 Å². The van der Waals surface area contributed by atoms with E-state index in [0.717, 1.165) is 10.6 Å². The van der Waals surface area contributed by atoms with Gasteiger partial charge in [0, 0.05) is 31.9 Å². The Morgan fingerprint density at radius 2 is 1.69 bits per heavy atom. The Morgan fingerprint density at radius 1 is 1.06 bits per heavy atom. The van der Waals surface area contributed by atoms with Crippen LogP contribution in [0.4, 0.5) is 10.5 Å². The number of ether oxygens (including phenoxy) is 1. The number of hydrogen-bond donors (Lipinski definition) is 3. The minimum atomic E-state index is -1.30. The quantitative estimate of drug-likeness (QED) is 0.470. The Morgan fingerprint density at radius 3 is 2.22 bits per heavy atom. The molecule has 2 aliphatic rings. The van der Waals surface area contributed by atoms with Crippen molar-refractivity contribution in [3.05, 3.63) is 30.3 Å². The van der Waals surface area contributed by atoms with Crippen molar-refractivity contribution in [3.8, 4) is 0 Å². The van der Waals surface area contributed by atoms with Crippen molar-refractivity contribution in [3.63, 3.8) is 0 Å². The van der Waals surface area contributed by atoms with E-state index in [2.05, 4.69) is 4.90 Å².